The van der Waals surface area contributed by atoms with Gasteiger partial charge in [-0.25, -0.2) is 0 Å². The van der Waals surface area contributed by atoms with Crippen LogP contribution in [0.5, 0.6) is 0 Å². The summed E-state index contributed by atoms with van der Waals surface area (Å²) in [5.41, 5.74) is 0. The molecule has 0 radical (unpaired) electrons. The summed E-state index contributed by atoms with van der Waals surface area (Å²) in [6.45, 7) is 3.00. The van der Waals surface area contributed by atoms with Crippen molar-refractivity contribution in [2.75, 3.05) is 6.54 Å². The van der Waals surface area contributed by atoms with E-state index >= 15 is 0 Å². The number of fused-ring (bicyclic) bond motifs is 7. The lowest BCUT2D eigenvalue weighted by atomic mass is 9.41. The zero-order valence-corrected chi connectivity index (χ0v) is 27.4. The summed E-state index contributed by atoms with van der Waals surface area (Å²) < 4.78 is 0. The highest BCUT2D eigenvalue weighted by Gasteiger charge is 2.58. The third-order valence-electron chi connectivity index (χ3n) is 15.6. The molecule has 2 nitrogen and oxygen atoms in total. The van der Waals surface area contributed by atoms with Crippen LogP contribution < -0.4 is 0 Å². The van der Waals surface area contributed by atoms with E-state index in [0.29, 0.717) is 6.54 Å². The van der Waals surface area contributed by atoms with Gasteiger partial charge in [0.15, 0.2) is 0 Å². The first-order chi connectivity index (χ1) is 20.7. The van der Waals surface area contributed by atoms with Crippen molar-refractivity contribution in [3.05, 3.63) is 17.1 Å². The third kappa shape index (κ3) is 6.10. The summed E-state index contributed by atoms with van der Waals surface area (Å²) in [6, 6.07) is 0. The molecule has 0 N–H and O–H groups in total. The molecule has 236 valence electrons. The fraction of sp³-hybridized carbons (Fsp3) is 0.950. The number of rotatable bonds is 8. The molecule has 7 aliphatic rings. The first-order valence-electron chi connectivity index (χ1n) is 19.7. The molecule has 7 bridgehead atoms. The minimum Gasteiger partial charge on any atom is -0.151 e. The van der Waals surface area contributed by atoms with Crippen LogP contribution in [0, 0.1) is 87.8 Å². The van der Waals surface area contributed by atoms with Crippen LogP contribution in [-0.2, 0) is 0 Å². The van der Waals surface area contributed by atoms with Gasteiger partial charge in [-0.05, 0) is 192 Å². The molecule has 7 aliphatic carbocycles. The summed E-state index contributed by atoms with van der Waals surface area (Å²) in [6.07, 6.45) is 38.2. The molecule has 0 aromatic heterocycles. The Labute approximate surface area is 259 Å². The first-order valence-corrected chi connectivity index (χ1v) is 19.7. The van der Waals surface area contributed by atoms with Crippen molar-refractivity contribution in [1.29, 1.82) is 0 Å². The molecule has 5 fully saturated rings. The van der Waals surface area contributed by atoms with Gasteiger partial charge in [0.05, 0.1) is 6.54 Å². The zero-order valence-electron chi connectivity index (χ0n) is 27.4. The summed E-state index contributed by atoms with van der Waals surface area (Å²) in [5.74, 6) is 14.1. The number of nitroso groups, excluding NO2 is 1. The molecule has 0 heterocycles. The van der Waals surface area contributed by atoms with Crippen molar-refractivity contribution in [3.63, 3.8) is 0 Å². The monoisotopic (exact) mass is 576 g/mol. The minimum atomic E-state index is 0.528. The van der Waals surface area contributed by atoms with E-state index in [9.17, 15) is 4.91 Å². The molecule has 0 saturated heterocycles. The highest BCUT2D eigenvalue weighted by Crippen LogP contribution is 2.65. The molecule has 0 spiro atoms. The van der Waals surface area contributed by atoms with Gasteiger partial charge in [0, 0.05) is 0 Å². The molecule has 0 amide bonds. The Bertz CT molecular complexity index is 911. The van der Waals surface area contributed by atoms with Gasteiger partial charge < -0.3 is 0 Å². The number of allylic oxidation sites excluding steroid dienone is 2. The second-order valence-corrected chi connectivity index (χ2v) is 17.3. The fourth-order valence-corrected chi connectivity index (χ4v) is 13.6. The van der Waals surface area contributed by atoms with E-state index in [1.54, 1.807) is 51.4 Å². The average Bonchev–Trinajstić information content (AvgIpc) is 2.98. The maximum absolute atomic E-state index is 10.7. The summed E-state index contributed by atoms with van der Waals surface area (Å²) in [5, 5.41) is 3.16. The van der Waals surface area contributed by atoms with E-state index in [1.807, 2.05) is 0 Å². The lowest BCUT2D eigenvalue weighted by Gasteiger charge is -2.64. The molecule has 2 heteroatoms. The van der Waals surface area contributed by atoms with Crippen LogP contribution in [0.2, 0.25) is 0 Å². The van der Waals surface area contributed by atoms with E-state index in [4.69, 9.17) is 0 Å². The Kier molecular flexibility index (Phi) is 9.84. The van der Waals surface area contributed by atoms with Crippen LogP contribution in [0.1, 0.15) is 148 Å². The van der Waals surface area contributed by atoms with Crippen molar-refractivity contribution in [3.8, 4) is 0 Å². The summed E-state index contributed by atoms with van der Waals surface area (Å²) in [4.78, 5) is 10.7. The predicted molar refractivity (Wildman–Crippen MR) is 176 cm³/mol. The molecule has 7 rings (SSSR count). The highest BCUT2D eigenvalue weighted by molar-refractivity contribution is 5.08. The van der Waals surface area contributed by atoms with Gasteiger partial charge in [0.25, 0.3) is 0 Å². The molecule has 5 saturated carbocycles. The van der Waals surface area contributed by atoms with Crippen LogP contribution in [0.3, 0.4) is 0 Å². The normalized spacial score (nSPS) is 49.0. The largest absolute Gasteiger partial charge is 0.151 e. The van der Waals surface area contributed by atoms with Gasteiger partial charge in [0.1, 0.15) is 0 Å². The number of unbranched alkanes of at least 4 members (excludes halogenated alkanes) is 2. The summed E-state index contributed by atoms with van der Waals surface area (Å²) >= 11 is 0. The van der Waals surface area contributed by atoms with E-state index < -0.39 is 0 Å². The average molecular weight is 576 g/mol. The predicted octanol–water partition coefficient (Wildman–Crippen LogP) is 11.6. The second-order valence-electron chi connectivity index (χ2n) is 17.3. The van der Waals surface area contributed by atoms with Crippen LogP contribution >= 0.6 is 0 Å². The Morgan fingerprint density at radius 1 is 0.548 bits per heavy atom. The quantitative estimate of drug-likeness (QED) is 0.161. The molecular weight excluding hydrogens is 510 g/mol. The van der Waals surface area contributed by atoms with E-state index in [-0.39, 0.29) is 0 Å². The maximum Gasteiger partial charge on any atom is 0.0811 e. The molecule has 0 aliphatic heterocycles. The van der Waals surface area contributed by atoms with Crippen molar-refractivity contribution in [2.24, 2.45) is 88.0 Å². The Morgan fingerprint density at radius 3 is 1.88 bits per heavy atom. The molecule has 0 aromatic rings. The molecule has 42 heavy (non-hydrogen) atoms. The number of hydrogen-bond donors (Lipinski definition) is 0. The molecule has 14 unspecified atom stereocenters. The number of hydrogen-bond acceptors (Lipinski definition) is 2. The standard InChI is InChI=1S/C40H65NO/c1-2-6-37-38-23-22-36-25-33-19-16-30-12-13-31-17-20-34-26-35(40(38)39(36)37)21-18-32(34)15-14-29(31)11-10-28(30)9-8-27(33)7-4-3-5-24-41-42/h12-13,27-40H,2-11,14-26H2,1H3/b13-12-. The Morgan fingerprint density at radius 2 is 1.14 bits per heavy atom. The smallest absolute Gasteiger partial charge is 0.0811 e. The summed E-state index contributed by atoms with van der Waals surface area (Å²) in [7, 11) is 0. The first kappa shape index (κ1) is 30.0. The van der Waals surface area contributed by atoms with Gasteiger partial charge in [-0.2, -0.15) is 4.91 Å². The lowest BCUT2D eigenvalue weighted by Crippen LogP contribution is -2.58. The van der Waals surface area contributed by atoms with Gasteiger partial charge in [0.2, 0.25) is 0 Å². The SMILES string of the molecule is CCCC1C2CCC3CC4CCC5/C=C\C6CCC7CC(CCC7CCC6CCC5CCC4CCCCCN=O)C2C31. The van der Waals surface area contributed by atoms with E-state index in [1.165, 1.54) is 83.5 Å². The van der Waals surface area contributed by atoms with Crippen LogP contribution in [0.25, 0.3) is 0 Å². The molecule has 0 aromatic carbocycles. The highest BCUT2D eigenvalue weighted by atomic mass is 16.3. The fourth-order valence-electron chi connectivity index (χ4n) is 13.6. The van der Waals surface area contributed by atoms with Crippen molar-refractivity contribution < 1.29 is 0 Å². The van der Waals surface area contributed by atoms with Crippen molar-refractivity contribution >= 4 is 0 Å². The van der Waals surface area contributed by atoms with Crippen LogP contribution in [0.4, 0.5) is 0 Å². The van der Waals surface area contributed by atoms with E-state index in [0.717, 1.165) is 89.3 Å². The second kappa shape index (κ2) is 13.8. The van der Waals surface area contributed by atoms with Gasteiger partial charge in [-0.15, -0.1) is 0 Å². The van der Waals surface area contributed by atoms with Crippen molar-refractivity contribution in [2.45, 2.75) is 148 Å². The molecular formula is C40H65NO. The zero-order chi connectivity index (χ0) is 28.5. The molecule has 14 atom stereocenters. The third-order valence-corrected chi connectivity index (χ3v) is 15.6. The van der Waals surface area contributed by atoms with E-state index in [2.05, 4.69) is 24.3 Å². The number of nitrogens with zero attached hydrogens (tertiary/aromatic N) is 1. The Hall–Kier alpha value is -0.660. The van der Waals surface area contributed by atoms with Gasteiger partial charge >= 0.3 is 0 Å². The van der Waals surface area contributed by atoms with Crippen LogP contribution in [0.15, 0.2) is 17.3 Å². The lowest BCUT2D eigenvalue weighted by molar-refractivity contribution is -0.156. The van der Waals surface area contributed by atoms with Gasteiger partial charge in [-0.3, -0.25) is 0 Å². The topological polar surface area (TPSA) is 29.4 Å². The van der Waals surface area contributed by atoms with Gasteiger partial charge in [-0.1, -0.05) is 56.4 Å². The maximum atomic E-state index is 10.7. The minimum absolute atomic E-state index is 0.528. The van der Waals surface area contributed by atoms with Crippen molar-refractivity contribution in [1.82, 2.24) is 0 Å². The Balaban J connectivity index is 1.19. The van der Waals surface area contributed by atoms with Crippen LogP contribution in [-0.4, -0.2) is 6.54 Å².